The zero-order valence-electron chi connectivity index (χ0n) is 18.7. The number of hydrogen-bond acceptors (Lipinski definition) is 5. The first-order valence-corrected chi connectivity index (χ1v) is 11.3. The number of nitrogens with zero attached hydrogens (tertiary/aromatic N) is 3. The predicted octanol–water partition coefficient (Wildman–Crippen LogP) is 5.32. The van der Waals surface area contributed by atoms with Crippen LogP contribution in [0.2, 0.25) is 0 Å². The van der Waals surface area contributed by atoms with E-state index in [-0.39, 0.29) is 5.91 Å². The van der Waals surface area contributed by atoms with Gasteiger partial charge in [-0.15, -0.1) is 5.10 Å². The second kappa shape index (κ2) is 9.44. The number of rotatable bonds is 7. The van der Waals surface area contributed by atoms with Crippen LogP contribution in [0.5, 0.6) is 5.88 Å². The SMILES string of the molecule is COc1nn(C)c2nc(C)c(CCC(=O)Nc3ccccc3Sc3ccccc3)c(C)c12. The highest BCUT2D eigenvalue weighted by molar-refractivity contribution is 7.99. The fourth-order valence-corrected chi connectivity index (χ4v) is 4.76. The molecule has 2 aromatic carbocycles. The van der Waals surface area contributed by atoms with Crippen molar-refractivity contribution in [3.63, 3.8) is 0 Å². The quantitative estimate of drug-likeness (QED) is 0.416. The summed E-state index contributed by atoms with van der Waals surface area (Å²) in [5, 5.41) is 8.38. The molecule has 1 amide bonds. The van der Waals surface area contributed by atoms with Crippen molar-refractivity contribution in [1.29, 1.82) is 0 Å². The van der Waals surface area contributed by atoms with E-state index in [0.29, 0.717) is 18.7 Å². The smallest absolute Gasteiger partial charge is 0.242 e. The molecule has 4 rings (SSSR count). The summed E-state index contributed by atoms with van der Waals surface area (Å²) >= 11 is 1.64. The molecule has 164 valence electrons. The Morgan fingerprint density at radius 1 is 1.09 bits per heavy atom. The Labute approximate surface area is 192 Å². The first-order chi connectivity index (χ1) is 15.5. The van der Waals surface area contributed by atoms with Crippen LogP contribution in [0.15, 0.2) is 64.4 Å². The number of amides is 1. The van der Waals surface area contributed by atoms with Crippen molar-refractivity contribution < 1.29 is 9.53 Å². The largest absolute Gasteiger partial charge is 0.479 e. The van der Waals surface area contributed by atoms with Gasteiger partial charge in [-0.2, -0.15) is 0 Å². The number of carbonyl (C=O) groups excluding carboxylic acids is 1. The summed E-state index contributed by atoms with van der Waals surface area (Å²) in [4.78, 5) is 19.7. The van der Waals surface area contributed by atoms with Gasteiger partial charge in [0, 0.05) is 29.0 Å². The highest BCUT2D eigenvalue weighted by Gasteiger charge is 2.18. The Balaban J connectivity index is 1.50. The van der Waals surface area contributed by atoms with Crippen molar-refractivity contribution in [2.45, 2.75) is 36.5 Å². The lowest BCUT2D eigenvalue weighted by Crippen LogP contribution is -2.14. The van der Waals surface area contributed by atoms with Gasteiger partial charge in [-0.05, 0) is 55.7 Å². The number of hydrogen-bond donors (Lipinski definition) is 1. The molecule has 0 fully saturated rings. The maximum atomic E-state index is 12.8. The number of para-hydroxylation sites is 1. The van der Waals surface area contributed by atoms with E-state index in [9.17, 15) is 4.79 Å². The number of methoxy groups -OCH3 is 1. The van der Waals surface area contributed by atoms with Crippen LogP contribution in [-0.2, 0) is 18.3 Å². The van der Waals surface area contributed by atoms with Gasteiger partial charge < -0.3 is 10.1 Å². The van der Waals surface area contributed by atoms with Crippen LogP contribution in [0.4, 0.5) is 5.69 Å². The highest BCUT2D eigenvalue weighted by Crippen LogP contribution is 2.34. The molecule has 0 aliphatic heterocycles. The topological polar surface area (TPSA) is 69.0 Å². The molecule has 0 atom stereocenters. The molecule has 0 radical (unpaired) electrons. The number of fused-ring (bicyclic) bond motifs is 1. The Kier molecular flexibility index (Phi) is 6.46. The average molecular weight is 447 g/mol. The van der Waals surface area contributed by atoms with Crippen LogP contribution in [0.3, 0.4) is 0 Å². The summed E-state index contributed by atoms with van der Waals surface area (Å²) in [7, 11) is 3.47. The van der Waals surface area contributed by atoms with Crippen LogP contribution in [-0.4, -0.2) is 27.8 Å². The number of pyridine rings is 1. The monoisotopic (exact) mass is 446 g/mol. The third-order valence-electron chi connectivity index (χ3n) is 5.45. The lowest BCUT2D eigenvalue weighted by molar-refractivity contribution is -0.116. The maximum Gasteiger partial charge on any atom is 0.242 e. The van der Waals surface area contributed by atoms with Crippen molar-refractivity contribution >= 4 is 34.4 Å². The van der Waals surface area contributed by atoms with E-state index in [2.05, 4.69) is 22.5 Å². The van der Waals surface area contributed by atoms with E-state index >= 15 is 0 Å². The van der Waals surface area contributed by atoms with Crippen molar-refractivity contribution in [3.8, 4) is 5.88 Å². The van der Waals surface area contributed by atoms with Crippen LogP contribution in [0.25, 0.3) is 11.0 Å². The maximum absolute atomic E-state index is 12.8. The fourth-order valence-electron chi connectivity index (χ4n) is 3.83. The van der Waals surface area contributed by atoms with E-state index in [1.165, 1.54) is 0 Å². The van der Waals surface area contributed by atoms with Gasteiger partial charge in [0.05, 0.1) is 18.2 Å². The van der Waals surface area contributed by atoms with E-state index in [0.717, 1.165) is 43.3 Å². The molecule has 7 heteroatoms. The molecule has 32 heavy (non-hydrogen) atoms. The molecule has 2 heterocycles. The average Bonchev–Trinajstić information content (AvgIpc) is 3.11. The van der Waals surface area contributed by atoms with Crippen LogP contribution in [0.1, 0.15) is 23.2 Å². The van der Waals surface area contributed by atoms with E-state index in [4.69, 9.17) is 9.72 Å². The molecular weight excluding hydrogens is 420 g/mol. The van der Waals surface area contributed by atoms with Crippen molar-refractivity contribution in [2.24, 2.45) is 7.05 Å². The summed E-state index contributed by atoms with van der Waals surface area (Å²) < 4.78 is 7.17. The van der Waals surface area contributed by atoms with Gasteiger partial charge in [-0.1, -0.05) is 42.1 Å². The summed E-state index contributed by atoms with van der Waals surface area (Å²) in [5.74, 6) is 0.535. The third kappa shape index (κ3) is 4.48. The minimum absolute atomic E-state index is 0.0249. The normalized spacial score (nSPS) is 11.0. The zero-order chi connectivity index (χ0) is 22.7. The first kappa shape index (κ1) is 21.9. The predicted molar refractivity (Wildman–Crippen MR) is 128 cm³/mol. The molecule has 2 aromatic heterocycles. The van der Waals surface area contributed by atoms with Crippen molar-refractivity contribution in [3.05, 3.63) is 71.4 Å². The second-order valence-corrected chi connectivity index (χ2v) is 8.71. The number of carbonyl (C=O) groups is 1. The fraction of sp³-hybridized carbons (Fsp3) is 0.240. The Hall–Kier alpha value is -3.32. The lowest BCUT2D eigenvalue weighted by atomic mass is 10.00. The first-order valence-electron chi connectivity index (χ1n) is 10.5. The van der Waals surface area contributed by atoms with Gasteiger partial charge in [0.2, 0.25) is 11.8 Å². The molecule has 0 aliphatic rings. The Morgan fingerprint density at radius 2 is 1.81 bits per heavy atom. The van der Waals surface area contributed by atoms with E-state index < -0.39 is 0 Å². The molecule has 6 nitrogen and oxygen atoms in total. The van der Waals surface area contributed by atoms with Gasteiger partial charge in [0.25, 0.3) is 0 Å². The minimum atomic E-state index is -0.0249. The van der Waals surface area contributed by atoms with Gasteiger partial charge >= 0.3 is 0 Å². The molecule has 1 N–H and O–H groups in total. The van der Waals surface area contributed by atoms with E-state index in [1.54, 1.807) is 23.6 Å². The molecule has 0 saturated heterocycles. The molecule has 4 aromatic rings. The van der Waals surface area contributed by atoms with Gasteiger partial charge in [-0.3, -0.25) is 4.79 Å². The van der Waals surface area contributed by atoms with E-state index in [1.807, 2.05) is 63.4 Å². The Morgan fingerprint density at radius 3 is 2.56 bits per heavy atom. The molecule has 0 unspecified atom stereocenters. The molecule has 0 spiro atoms. The number of nitrogens with one attached hydrogen (secondary N) is 1. The number of benzene rings is 2. The van der Waals surface area contributed by atoms with Crippen LogP contribution in [0, 0.1) is 13.8 Å². The molecular formula is C25H26N4O2S. The summed E-state index contributed by atoms with van der Waals surface area (Å²) in [5.41, 5.74) is 4.64. The van der Waals surface area contributed by atoms with Crippen molar-refractivity contribution in [1.82, 2.24) is 14.8 Å². The molecule has 0 saturated carbocycles. The minimum Gasteiger partial charge on any atom is -0.479 e. The van der Waals surface area contributed by atoms with Crippen LogP contribution >= 0.6 is 11.8 Å². The number of aromatic nitrogens is 3. The third-order valence-corrected chi connectivity index (χ3v) is 6.53. The molecule has 0 aliphatic carbocycles. The van der Waals surface area contributed by atoms with Gasteiger partial charge in [0.15, 0.2) is 5.65 Å². The van der Waals surface area contributed by atoms with Gasteiger partial charge in [0.1, 0.15) is 0 Å². The second-order valence-electron chi connectivity index (χ2n) is 7.59. The summed E-state index contributed by atoms with van der Waals surface area (Å²) in [6.07, 6.45) is 0.959. The standard InChI is InChI=1S/C25H26N4O2S/c1-16-19(17(2)26-24-23(16)25(31-4)28-29(24)3)14-15-22(30)27-20-12-8-9-13-21(20)32-18-10-6-5-7-11-18/h5-13H,14-15H2,1-4H3,(H,27,30). The van der Waals surface area contributed by atoms with Crippen LogP contribution < -0.4 is 10.1 Å². The Bertz CT molecular complexity index is 1270. The number of anilines is 1. The summed E-state index contributed by atoms with van der Waals surface area (Å²) in [6.45, 7) is 4.02. The van der Waals surface area contributed by atoms with Crippen molar-refractivity contribution in [2.75, 3.05) is 12.4 Å². The summed E-state index contributed by atoms with van der Waals surface area (Å²) in [6, 6.07) is 18.0. The van der Waals surface area contributed by atoms with Gasteiger partial charge in [-0.25, -0.2) is 9.67 Å². The molecule has 0 bridgehead atoms. The number of ether oxygens (including phenoxy) is 1. The highest BCUT2D eigenvalue weighted by atomic mass is 32.2. The zero-order valence-corrected chi connectivity index (χ0v) is 19.5. The lowest BCUT2D eigenvalue weighted by Gasteiger charge is -2.13. The number of aryl methyl sites for hydroxylation is 3.